The van der Waals surface area contributed by atoms with E-state index >= 15 is 0 Å². The molecule has 0 saturated heterocycles. The zero-order chi connectivity index (χ0) is 6.41. The van der Waals surface area contributed by atoms with Crippen LogP contribution in [0.25, 0.3) is 0 Å². The summed E-state index contributed by atoms with van der Waals surface area (Å²) in [6.07, 6.45) is 5.35. The minimum Gasteiger partial charge on any atom is -0.486 e. The maximum Gasteiger partial charge on any atom is 2.00 e. The molecule has 0 atom stereocenters. The van der Waals surface area contributed by atoms with E-state index in [1.165, 1.54) is 25.9 Å². The van der Waals surface area contributed by atoms with Crippen LogP contribution in [0.5, 0.6) is 0 Å². The number of amides is 1. The SMILES string of the molecule is CN([C-]=O)C=C[C-]=O.[Zn+2]. The molecule has 0 heterocycles. The van der Waals surface area contributed by atoms with Gasteiger partial charge in [0.05, 0.1) is 6.41 Å². The van der Waals surface area contributed by atoms with Crippen LogP contribution in [0.2, 0.25) is 0 Å². The van der Waals surface area contributed by atoms with Crippen LogP contribution in [0.4, 0.5) is 0 Å². The predicted molar refractivity (Wildman–Crippen MR) is 28.3 cm³/mol. The zero-order valence-electron chi connectivity index (χ0n) is 5.13. The Kier molecular flexibility index (Phi) is 9.44. The van der Waals surface area contributed by atoms with Crippen LogP contribution in [0.1, 0.15) is 0 Å². The molecule has 4 heteroatoms. The summed E-state index contributed by atoms with van der Waals surface area (Å²) < 4.78 is 0. The third-order valence-electron chi connectivity index (χ3n) is 0.510. The number of rotatable bonds is 3. The summed E-state index contributed by atoms with van der Waals surface area (Å²) in [5.74, 6) is 0. The third kappa shape index (κ3) is 7.50. The van der Waals surface area contributed by atoms with Crippen molar-refractivity contribution in [1.82, 2.24) is 4.90 Å². The van der Waals surface area contributed by atoms with Crippen LogP contribution in [-0.4, -0.2) is 24.6 Å². The Balaban J connectivity index is 0. The van der Waals surface area contributed by atoms with Crippen LogP contribution in [-0.2, 0) is 29.1 Å². The Hall–Kier alpha value is -0.497. The molecule has 0 aromatic rings. The van der Waals surface area contributed by atoms with E-state index in [4.69, 9.17) is 0 Å². The fourth-order valence-electron chi connectivity index (χ4n) is 0.173. The van der Waals surface area contributed by atoms with Crippen LogP contribution < -0.4 is 0 Å². The normalized spacial score (nSPS) is 8.11. The van der Waals surface area contributed by atoms with E-state index in [9.17, 15) is 9.59 Å². The number of hydrogen-bond donors (Lipinski definition) is 0. The maximum absolute atomic E-state index is 9.63. The second-order valence-corrected chi connectivity index (χ2v) is 1.14. The summed E-state index contributed by atoms with van der Waals surface area (Å²) in [6, 6.07) is 0. The summed E-state index contributed by atoms with van der Waals surface area (Å²) in [5.41, 5.74) is 0. The van der Waals surface area contributed by atoms with Crippen molar-refractivity contribution in [1.29, 1.82) is 0 Å². The summed E-state index contributed by atoms with van der Waals surface area (Å²) in [4.78, 5) is 20.2. The van der Waals surface area contributed by atoms with Crippen LogP contribution >= 0.6 is 0 Å². The van der Waals surface area contributed by atoms with Gasteiger partial charge in [0, 0.05) is 0 Å². The van der Waals surface area contributed by atoms with Gasteiger partial charge < -0.3 is 14.5 Å². The van der Waals surface area contributed by atoms with Crippen LogP contribution in [0, 0.1) is 0 Å². The van der Waals surface area contributed by atoms with Gasteiger partial charge in [-0.05, 0) is 13.3 Å². The maximum atomic E-state index is 9.63. The van der Waals surface area contributed by atoms with Crippen molar-refractivity contribution in [3.63, 3.8) is 0 Å². The van der Waals surface area contributed by atoms with Crippen molar-refractivity contribution in [3.8, 4) is 0 Å². The largest absolute Gasteiger partial charge is 2.00 e. The summed E-state index contributed by atoms with van der Waals surface area (Å²) >= 11 is 0. The molecule has 0 saturated carbocycles. The first-order valence-electron chi connectivity index (χ1n) is 1.96. The smallest absolute Gasteiger partial charge is 0.486 e. The first-order valence-corrected chi connectivity index (χ1v) is 1.96. The van der Waals surface area contributed by atoms with Crippen molar-refractivity contribution in [2.24, 2.45) is 0 Å². The van der Waals surface area contributed by atoms with E-state index in [0.29, 0.717) is 0 Å². The molecule has 0 bridgehead atoms. The Labute approximate surface area is 66.5 Å². The molecule has 0 aromatic heterocycles. The van der Waals surface area contributed by atoms with E-state index in [2.05, 4.69) is 0 Å². The van der Waals surface area contributed by atoms with E-state index in [1.54, 1.807) is 0 Å². The summed E-state index contributed by atoms with van der Waals surface area (Å²) in [7, 11) is 1.47. The van der Waals surface area contributed by atoms with Crippen molar-refractivity contribution in [2.45, 2.75) is 0 Å². The van der Waals surface area contributed by atoms with Gasteiger partial charge in [0.1, 0.15) is 0 Å². The minimum absolute atomic E-state index is 0. The molecule has 0 radical (unpaired) electrons. The minimum atomic E-state index is 0. The number of allylic oxidation sites excluding steroid dienone is 1. The zero-order valence-corrected chi connectivity index (χ0v) is 8.09. The van der Waals surface area contributed by atoms with Gasteiger partial charge >= 0.3 is 19.5 Å². The fourth-order valence-corrected chi connectivity index (χ4v) is 0.173. The number of hydrogen-bond acceptors (Lipinski definition) is 2. The number of nitrogens with zero attached hydrogens (tertiary/aromatic N) is 1. The summed E-state index contributed by atoms with van der Waals surface area (Å²) in [6.45, 7) is 0. The molecule has 0 rings (SSSR count). The fraction of sp³-hybridized carbons (Fsp3) is 0.200. The first kappa shape index (κ1) is 11.3. The van der Waals surface area contributed by atoms with Gasteiger partial charge in [-0.2, -0.15) is 12.3 Å². The van der Waals surface area contributed by atoms with Crippen LogP contribution in [0.3, 0.4) is 0 Å². The monoisotopic (exact) mass is 175 g/mol. The molecule has 0 aromatic carbocycles. The van der Waals surface area contributed by atoms with Gasteiger partial charge in [-0.15, -0.1) is 0 Å². The van der Waals surface area contributed by atoms with Crippen molar-refractivity contribution in [2.75, 3.05) is 7.05 Å². The molecule has 0 aliphatic carbocycles. The van der Waals surface area contributed by atoms with Crippen molar-refractivity contribution >= 4 is 12.7 Å². The molecule has 44 valence electrons. The molecule has 1 amide bonds. The molecule has 3 nitrogen and oxygen atoms in total. The third-order valence-corrected chi connectivity index (χ3v) is 0.510. The Bertz CT molecular complexity index is 114. The molecule has 0 aliphatic rings. The molecule has 0 N–H and O–H groups in total. The standard InChI is InChI=1S/C5H5NO2.Zn/c1-6(5-8)3-2-4-7;/h2-3H,1H3;/q-2;+2. The van der Waals surface area contributed by atoms with E-state index in [1.807, 2.05) is 0 Å². The average molecular weight is 176 g/mol. The van der Waals surface area contributed by atoms with Crippen molar-refractivity contribution in [3.05, 3.63) is 12.3 Å². The average Bonchev–Trinajstić information content (AvgIpc) is 1.83. The second-order valence-electron chi connectivity index (χ2n) is 1.14. The number of carbonyl (C=O) groups excluding carboxylic acids is 2. The topological polar surface area (TPSA) is 37.4 Å². The first-order chi connectivity index (χ1) is 3.81. The Morgan fingerprint density at radius 3 is 2.33 bits per heavy atom. The van der Waals surface area contributed by atoms with Gasteiger partial charge in [-0.25, -0.2) is 0 Å². The van der Waals surface area contributed by atoms with E-state index in [-0.39, 0.29) is 19.5 Å². The van der Waals surface area contributed by atoms with E-state index < -0.39 is 0 Å². The molecular formula is C5H5NO2Zn. The quantitative estimate of drug-likeness (QED) is 0.254. The van der Waals surface area contributed by atoms with Gasteiger partial charge in [-0.1, -0.05) is 0 Å². The predicted octanol–water partition coefficient (Wildman–Crippen LogP) is -0.394. The summed E-state index contributed by atoms with van der Waals surface area (Å²) in [5, 5.41) is 0. The molecule has 0 fully saturated rings. The van der Waals surface area contributed by atoms with Gasteiger partial charge in [0.25, 0.3) is 0 Å². The molecule has 0 aliphatic heterocycles. The molecular weight excluding hydrogens is 171 g/mol. The molecule has 9 heavy (non-hydrogen) atoms. The van der Waals surface area contributed by atoms with Gasteiger partial charge in [-0.3, -0.25) is 0 Å². The molecule has 0 spiro atoms. The van der Waals surface area contributed by atoms with Gasteiger partial charge in [0.15, 0.2) is 0 Å². The van der Waals surface area contributed by atoms with E-state index in [0.717, 1.165) is 11.0 Å². The van der Waals surface area contributed by atoms with Gasteiger partial charge in [0.2, 0.25) is 0 Å². The van der Waals surface area contributed by atoms with Crippen molar-refractivity contribution < 1.29 is 29.1 Å². The molecule has 0 unspecified atom stereocenters. The Morgan fingerprint density at radius 2 is 2.00 bits per heavy atom. The Morgan fingerprint density at radius 1 is 1.44 bits per heavy atom. The second kappa shape index (κ2) is 7.50. The van der Waals surface area contributed by atoms with Crippen LogP contribution in [0.15, 0.2) is 12.3 Å².